The van der Waals surface area contributed by atoms with Crippen molar-refractivity contribution >= 4 is 0 Å². The second-order valence-electron chi connectivity index (χ2n) is 4.95. The van der Waals surface area contributed by atoms with E-state index < -0.39 is 0 Å². The molecule has 1 aliphatic carbocycles. The molecule has 0 heterocycles. The maximum atomic E-state index is 5.68. The minimum Gasteiger partial charge on any atom is -0.494 e. The summed E-state index contributed by atoms with van der Waals surface area (Å²) in [7, 11) is 0. The fraction of sp³-hybridized carbons (Fsp3) is 0.600. The molecule has 1 aromatic carbocycles. The van der Waals surface area contributed by atoms with Crippen LogP contribution in [0.2, 0.25) is 0 Å². The summed E-state index contributed by atoms with van der Waals surface area (Å²) in [5.74, 6) is 0.992. The summed E-state index contributed by atoms with van der Waals surface area (Å²) in [4.78, 5) is 0. The van der Waals surface area contributed by atoms with Crippen molar-refractivity contribution in [1.82, 2.24) is 5.32 Å². The molecule has 0 amide bonds. The summed E-state index contributed by atoms with van der Waals surface area (Å²) in [6.45, 7) is 4.11. The van der Waals surface area contributed by atoms with Gasteiger partial charge in [0.1, 0.15) is 5.75 Å². The maximum absolute atomic E-state index is 5.68. The first kappa shape index (κ1) is 12.4. The molecule has 0 spiro atoms. The smallest absolute Gasteiger partial charge is 0.119 e. The quantitative estimate of drug-likeness (QED) is 0.696. The molecule has 17 heavy (non-hydrogen) atoms. The summed E-state index contributed by atoms with van der Waals surface area (Å²) in [6, 6.07) is 9.12. The van der Waals surface area contributed by atoms with E-state index in [9.17, 15) is 0 Å². The highest BCUT2D eigenvalue weighted by atomic mass is 16.5. The molecule has 0 aliphatic heterocycles. The first-order valence-corrected chi connectivity index (χ1v) is 6.77. The van der Waals surface area contributed by atoms with Crippen molar-refractivity contribution in [1.29, 1.82) is 0 Å². The second kappa shape index (κ2) is 6.65. The number of nitrogens with one attached hydrogen (secondary N) is 1. The number of rotatable bonds is 8. The van der Waals surface area contributed by atoms with Crippen LogP contribution in [0, 0.1) is 6.92 Å². The fourth-order valence-electron chi connectivity index (χ4n) is 1.82. The molecule has 1 aromatic rings. The lowest BCUT2D eigenvalue weighted by molar-refractivity contribution is 0.305. The maximum Gasteiger partial charge on any atom is 0.119 e. The molecule has 2 heteroatoms. The van der Waals surface area contributed by atoms with Gasteiger partial charge in [0.15, 0.2) is 0 Å². The van der Waals surface area contributed by atoms with E-state index in [1.54, 1.807) is 0 Å². The number of aryl methyl sites for hydroxylation is 1. The van der Waals surface area contributed by atoms with Crippen LogP contribution in [0.1, 0.15) is 37.7 Å². The zero-order valence-corrected chi connectivity index (χ0v) is 10.7. The molecule has 94 valence electrons. The summed E-state index contributed by atoms with van der Waals surface area (Å²) in [5, 5.41) is 3.53. The lowest BCUT2D eigenvalue weighted by Gasteiger charge is -2.06. The second-order valence-corrected chi connectivity index (χ2v) is 4.95. The molecule has 2 nitrogen and oxygen atoms in total. The zero-order chi connectivity index (χ0) is 11.9. The Balaban J connectivity index is 1.46. The molecule has 1 aliphatic rings. The van der Waals surface area contributed by atoms with Gasteiger partial charge >= 0.3 is 0 Å². The Morgan fingerprint density at radius 2 is 1.88 bits per heavy atom. The van der Waals surface area contributed by atoms with Crippen LogP contribution in [0.15, 0.2) is 24.3 Å². The average molecular weight is 233 g/mol. The highest BCUT2D eigenvalue weighted by Gasteiger charge is 2.19. The van der Waals surface area contributed by atoms with Crippen LogP contribution in [0.25, 0.3) is 0 Å². The van der Waals surface area contributed by atoms with Crippen LogP contribution in [0.3, 0.4) is 0 Å². The Morgan fingerprint density at radius 3 is 2.59 bits per heavy atom. The molecule has 0 bridgehead atoms. The first-order valence-electron chi connectivity index (χ1n) is 6.77. The molecule has 1 saturated carbocycles. The average Bonchev–Trinajstić information content (AvgIpc) is 3.14. The molecule has 1 fully saturated rings. The fourth-order valence-corrected chi connectivity index (χ4v) is 1.82. The van der Waals surface area contributed by atoms with Crippen LogP contribution in [0.4, 0.5) is 0 Å². The molecular weight excluding hydrogens is 210 g/mol. The van der Waals surface area contributed by atoms with Gasteiger partial charge in [-0.05, 0) is 57.7 Å². The SMILES string of the molecule is Cc1ccc(OCCCCCNC2CC2)cc1. The lowest BCUT2D eigenvalue weighted by Crippen LogP contribution is -2.17. The van der Waals surface area contributed by atoms with Gasteiger partial charge < -0.3 is 10.1 Å². The predicted octanol–water partition coefficient (Wildman–Crippen LogP) is 3.30. The molecule has 0 saturated heterocycles. The molecule has 0 atom stereocenters. The Kier molecular flexibility index (Phi) is 4.87. The van der Waals surface area contributed by atoms with Crippen LogP contribution in [0.5, 0.6) is 5.75 Å². The largest absolute Gasteiger partial charge is 0.494 e. The van der Waals surface area contributed by atoms with E-state index in [0.29, 0.717) is 0 Å². The van der Waals surface area contributed by atoms with Gasteiger partial charge in [0, 0.05) is 6.04 Å². The van der Waals surface area contributed by atoms with Gasteiger partial charge in [-0.1, -0.05) is 17.7 Å². The Morgan fingerprint density at radius 1 is 1.12 bits per heavy atom. The van der Waals surface area contributed by atoms with Gasteiger partial charge in [0.2, 0.25) is 0 Å². The number of benzene rings is 1. The van der Waals surface area contributed by atoms with Gasteiger partial charge in [-0.2, -0.15) is 0 Å². The van der Waals surface area contributed by atoms with Crippen molar-refractivity contribution in [2.45, 2.75) is 45.1 Å². The predicted molar refractivity (Wildman–Crippen MR) is 71.5 cm³/mol. The highest BCUT2D eigenvalue weighted by molar-refractivity contribution is 5.26. The van der Waals surface area contributed by atoms with Gasteiger partial charge in [-0.25, -0.2) is 0 Å². The topological polar surface area (TPSA) is 21.3 Å². The number of ether oxygens (including phenoxy) is 1. The van der Waals surface area contributed by atoms with Crippen LogP contribution < -0.4 is 10.1 Å². The molecular formula is C15H23NO. The monoisotopic (exact) mass is 233 g/mol. The molecule has 2 rings (SSSR count). The van der Waals surface area contributed by atoms with E-state index in [1.807, 2.05) is 12.1 Å². The summed E-state index contributed by atoms with van der Waals surface area (Å²) < 4.78 is 5.68. The minimum absolute atomic E-state index is 0.840. The third-order valence-corrected chi connectivity index (χ3v) is 3.12. The summed E-state index contributed by atoms with van der Waals surface area (Å²) >= 11 is 0. The van der Waals surface area contributed by atoms with Crippen molar-refractivity contribution in [2.75, 3.05) is 13.2 Å². The Hall–Kier alpha value is -1.02. The third kappa shape index (κ3) is 5.22. The normalized spacial score (nSPS) is 14.9. The Bertz CT molecular complexity index is 316. The Labute approximate surface area is 104 Å². The van der Waals surface area contributed by atoms with Crippen LogP contribution in [-0.2, 0) is 0 Å². The van der Waals surface area contributed by atoms with Crippen molar-refractivity contribution in [3.63, 3.8) is 0 Å². The van der Waals surface area contributed by atoms with Gasteiger partial charge in [0.25, 0.3) is 0 Å². The number of hydrogen-bond donors (Lipinski definition) is 1. The summed E-state index contributed by atoms with van der Waals surface area (Å²) in [5.41, 5.74) is 1.28. The van der Waals surface area contributed by atoms with Gasteiger partial charge in [-0.3, -0.25) is 0 Å². The van der Waals surface area contributed by atoms with Crippen LogP contribution >= 0.6 is 0 Å². The van der Waals surface area contributed by atoms with Crippen molar-refractivity contribution in [3.8, 4) is 5.75 Å². The highest BCUT2D eigenvalue weighted by Crippen LogP contribution is 2.18. The molecule has 0 radical (unpaired) electrons. The van der Waals surface area contributed by atoms with Gasteiger partial charge in [0.05, 0.1) is 6.61 Å². The standard InChI is InChI=1S/C15H23NO/c1-13-5-9-15(10-6-13)17-12-4-2-3-11-16-14-7-8-14/h5-6,9-10,14,16H,2-4,7-8,11-12H2,1H3. The zero-order valence-electron chi connectivity index (χ0n) is 10.7. The number of unbranched alkanes of at least 4 members (excludes halogenated alkanes) is 2. The van der Waals surface area contributed by atoms with E-state index >= 15 is 0 Å². The molecule has 1 N–H and O–H groups in total. The van der Waals surface area contributed by atoms with Crippen molar-refractivity contribution in [3.05, 3.63) is 29.8 Å². The first-order chi connectivity index (χ1) is 8.34. The minimum atomic E-state index is 0.840. The third-order valence-electron chi connectivity index (χ3n) is 3.12. The van der Waals surface area contributed by atoms with Crippen molar-refractivity contribution < 1.29 is 4.74 Å². The van der Waals surface area contributed by atoms with Gasteiger partial charge in [-0.15, -0.1) is 0 Å². The van der Waals surface area contributed by atoms with E-state index in [2.05, 4.69) is 24.4 Å². The molecule has 0 unspecified atom stereocenters. The van der Waals surface area contributed by atoms with Crippen molar-refractivity contribution in [2.24, 2.45) is 0 Å². The van der Waals surface area contributed by atoms with E-state index in [0.717, 1.165) is 24.8 Å². The summed E-state index contributed by atoms with van der Waals surface area (Å²) in [6.07, 6.45) is 6.45. The molecule has 0 aromatic heterocycles. The van der Waals surface area contributed by atoms with E-state index in [1.165, 1.54) is 37.8 Å². The van der Waals surface area contributed by atoms with Crippen LogP contribution in [-0.4, -0.2) is 19.2 Å². The lowest BCUT2D eigenvalue weighted by atomic mass is 10.2. The van der Waals surface area contributed by atoms with E-state index in [-0.39, 0.29) is 0 Å². The number of hydrogen-bond acceptors (Lipinski definition) is 2. The van der Waals surface area contributed by atoms with E-state index in [4.69, 9.17) is 4.74 Å².